The number of hydrogen-bond acceptors (Lipinski definition) is 3. The molecule has 0 radical (unpaired) electrons. The summed E-state index contributed by atoms with van der Waals surface area (Å²) in [5, 5.41) is 2.95. The van der Waals surface area contributed by atoms with Gasteiger partial charge in [-0.25, -0.2) is 4.98 Å². The molecule has 2 aromatic heterocycles. The second-order valence-corrected chi connectivity index (χ2v) is 6.08. The molecule has 3 aromatic rings. The van der Waals surface area contributed by atoms with Crippen molar-refractivity contribution in [2.24, 2.45) is 0 Å². The van der Waals surface area contributed by atoms with E-state index in [-0.39, 0.29) is 5.91 Å². The van der Waals surface area contributed by atoms with Crippen LogP contribution in [0, 0.1) is 0 Å². The third kappa shape index (κ3) is 3.31. The molecule has 124 valence electrons. The van der Waals surface area contributed by atoms with Crippen molar-refractivity contribution >= 4 is 17.2 Å². The molecular weight excluding hydrogens is 300 g/mol. The molecule has 0 saturated heterocycles. The van der Waals surface area contributed by atoms with E-state index in [0.29, 0.717) is 12.2 Å². The Labute approximate surface area is 141 Å². The van der Waals surface area contributed by atoms with Gasteiger partial charge in [-0.3, -0.25) is 4.79 Å². The van der Waals surface area contributed by atoms with E-state index in [9.17, 15) is 4.79 Å². The molecule has 0 aliphatic rings. The first-order valence-corrected chi connectivity index (χ1v) is 8.09. The average Bonchev–Trinajstić information content (AvgIpc) is 2.94. The van der Waals surface area contributed by atoms with Crippen LogP contribution in [0.4, 0.5) is 5.69 Å². The number of hydrogen-bond donors (Lipinski definition) is 1. The van der Waals surface area contributed by atoms with Gasteiger partial charge in [0.2, 0.25) is 0 Å². The Morgan fingerprint density at radius 3 is 2.58 bits per heavy atom. The summed E-state index contributed by atoms with van der Waals surface area (Å²) in [5.74, 6) is -0.181. The summed E-state index contributed by atoms with van der Waals surface area (Å²) in [6.45, 7) is 2.75. The van der Waals surface area contributed by atoms with Crippen molar-refractivity contribution < 1.29 is 4.79 Å². The van der Waals surface area contributed by atoms with Gasteiger partial charge in [0.1, 0.15) is 5.65 Å². The van der Waals surface area contributed by atoms with E-state index in [1.165, 1.54) is 5.56 Å². The average molecular weight is 322 g/mol. The fourth-order valence-corrected chi connectivity index (χ4v) is 2.69. The maximum atomic E-state index is 12.7. The van der Waals surface area contributed by atoms with E-state index >= 15 is 0 Å². The van der Waals surface area contributed by atoms with Crippen LogP contribution in [0.2, 0.25) is 0 Å². The molecular formula is C19H22N4O. The molecule has 3 rings (SSSR count). The minimum atomic E-state index is -0.181. The third-order valence-electron chi connectivity index (χ3n) is 3.93. The monoisotopic (exact) mass is 322 g/mol. The lowest BCUT2D eigenvalue weighted by Crippen LogP contribution is -2.19. The summed E-state index contributed by atoms with van der Waals surface area (Å²) in [7, 11) is 3.96. The Hall–Kier alpha value is -2.66. The molecule has 0 spiro atoms. The topological polar surface area (TPSA) is 49.6 Å². The summed E-state index contributed by atoms with van der Waals surface area (Å²) < 4.78 is 1.97. The number of fused-ring (bicyclic) bond motifs is 1. The number of nitrogens with zero attached hydrogens (tertiary/aromatic N) is 3. The van der Waals surface area contributed by atoms with E-state index in [4.69, 9.17) is 0 Å². The van der Waals surface area contributed by atoms with Gasteiger partial charge in [0, 0.05) is 18.4 Å². The lowest BCUT2D eigenvalue weighted by molar-refractivity contribution is 0.102. The van der Waals surface area contributed by atoms with E-state index in [2.05, 4.69) is 17.2 Å². The van der Waals surface area contributed by atoms with Crippen LogP contribution in [0.1, 0.15) is 28.7 Å². The van der Waals surface area contributed by atoms with Crippen LogP contribution in [-0.4, -0.2) is 34.3 Å². The Kier molecular flexibility index (Phi) is 4.62. The molecule has 1 amide bonds. The van der Waals surface area contributed by atoms with Gasteiger partial charge < -0.3 is 14.6 Å². The van der Waals surface area contributed by atoms with E-state index in [1.807, 2.05) is 72.1 Å². The molecule has 0 saturated carbocycles. The Bertz CT molecular complexity index is 849. The van der Waals surface area contributed by atoms with Gasteiger partial charge in [-0.1, -0.05) is 25.1 Å². The van der Waals surface area contributed by atoms with Gasteiger partial charge >= 0.3 is 0 Å². The standard InChI is InChI=1S/C19H22N4O/c1-4-14-8-10-15(11-9-14)20-19(24)18-16(13-22(2)3)23-12-6-5-7-17(23)21-18/h5-12H,4,13H2,1-3H3,(H,20,24). The second kappa shape index (κ2) is 6.84. The summed E-state index contributed by atoms with van der Waals surface area (Å²) >= 11 is 0. The number of benzene rings is 1. The van der Waals surface area contributed by atoms with Crippen molar-refractivity contribution in [2.45, 2.75) is 19.9 Å². The van der Waals surface area contributed by atoms with Crippen LogP contribution in [0.25, 0.3) is 5.65 Å². The predicted octanol–water partition coefficient (Wildman–Crippen LogP) is 3.21. The first kappa shape index (κ1) is 16.2. The summed E-state index contributed by atoms with van der Waals surface area (Å²) in [6.07, 6.45) is 2.92. The number of aryl methyl sites for hydroxylation is 1. The number of pyridine rings is 1. The molecule has 2 heterocycles. The van der Waals surface area contributed by atoms with Crippen LogP contribution in [-0.2, 0) is 13.0 Å². The molecule has 5 heteroatoms. The van der Waals surface area contributed by atoms with Crippen LogP contribution in [0.5, 0.6) is 0 Å². The van der Waals surface area contributed by atoms with Gasteiger partial charge in [-0.05, 0) is 50.3 Å². The maximum Gasteiger partial charge on any atom is 0.276 e. The highest BCUT2D eigenvalue weighted by Gasteiger charge is 2.19. The molecule has 1 N–H and O–H groups in total. The number of imidazole rings is 1. The molecule has 1 aromatic carbocycles. The highest BCUT2D eigenvalue weighted by molar-refractivity contribution is 6.04. The van der Waals surface area contributed by atoms with Gasteiger partial charge in [-0.2, -0.15) is 0 Å². The zero-order valence-electron chi connectivity index (χ0n) is 14.3. The Morgan fingerprint density at radius 2 is 1.92 bits per heavy atom. The molecule has 5 nitrogen and oxygen atoms in total. The smallest absolute Gasteiger partial charge is 0.276 e. The SMILES string of the molecule is CCc1ccc(NC(=O)c2nc3ccccn3c2CN(C)C)cc1. The molecule has 0 atom stereocenters. The van der Waals surface area contributed by atoms with Crippen molar-refractivity contribution in [3.63, 3.8) is 0 Å². The van der Waals surface area contributed by atoms with Crippen LogP contribution in [0.15, 0.2) is 48.7 Å². The lowest BCUT2D eigenvalue weighted by Gasteiger charge is -2.11. The number of nitrogens with one attached hydrogen (secondary N) is 1. The maximum absolute atomic E-state index is 12.7. The normalized spacial score (nSPS) is 11.2. The van der Waals surface area contributed by atoms with Crippen LogP contribution >= 0.6 is 0 Å². The number of rotatable bonds is 5. The molecule has 0 fully saturated rings. The van der Waals surface area contributed by atoms with Crippen molar-refractivity contribution in [3.8, 4) is 0 Å². The second-order valence-electron chi connectivity index (χ2n) is 6.08. The first-order chi connectivity index (χ1) is 11.6. The zero-order valence-corrected chi connectivity index (χ0v) is 14.3. The third-order valence-corrected chi connectivity index (χ3v) is 3.93. The predicted molar refractivity (Wildman–Crippen MR) is 96.4 cm³/mol. The molecule has 24 heavy (non-hydrogen) atoms. The Morgan fingerprint density at radius 1 is 1.17 bits per heavy atom. The molecule has 0 unspecified atom stereocenters. The quantitative estimate of drug-likeness (QED) is 0.785. The summed E-state index contributed by atoms with van der Waals surface area (Å²) in [4.78, 5) is 19.3. The van der Waals surface area contributed by atoms with Crippen molar-refractivity contribution in [2.75, 3.05) is 19.4 Å². The summed E-state index contributed by atoms with van der Waals surface area (Å²) in [5.41, 5.74) is 4.16. The van der Waals surface area contributed by atoms with Crippen molar-refractivity contribution in [3.05, 3.63) is 65.6 Å². The molecule has 0 aliphatic carbocycles. The van der Waals surface area contributed by atoms with Crippen LogP contribution in [0.3, 0.4) is 0 Å². The van der Waals surface area contributed by atoms with E-state index in [1.54, 1.807) is 0 Å². The number of anilines is 1. The van der Waals surface area contributed by atoms with Gasteiger partial charge in [0.05, 0.1) is 5.69 Å². The van der Waals surface area contributed by atoms with Gasteiger partial charge in [-0.15, -0.1) is 0 Å². The lowest BCUT2D eigenvalue weighted by atomic mass is 10.1. The van der Waals surface area contributed by atoms with Crippen LogP contribution < -0.4 is 5.32 Å². The highest BCUT2D eigenvalue weighted by Crippen LogP contribution is 2.17. The zero-order chi connectivity index (χ0) is 17.1. The molecule has 0 aliphatic heterocycles. The Balaban J connectivity index is 1.93. The fraction of sp³-hybridized carbons (Fsp3) is 0.263. The minimum absolute atomic E-state index is 0.181. The fourth-order valence-electron chi connectivity index (χ4n) is 2.69. The molecule has 0 bridgehead atoms. The number of aromatic nitrogens is 2. The van der Waals surface area contributed by atoms with Gasteiger partial charge in [0.15, 0.2) is 5.69 Å². The van der Waals surface area contributed by atoms with E-state index in [0.717, 1.165) is 23.4 Å². The number of amides is 1. The minimum Gasteiger partial charge on any atom is -0.321 e. The van der Waals surface area contributed by atoms with Crippen molar-refractivity contribution in [1.29, 1.82) is 0 Å². The van der Waals surface area contributed by atoms with Crippen molar-refractivity contribution in [1.82, 2.24) is 14.3 Å². The first-order valence-electron chi connectivity index (χ1n) is 8.09. The largest absolute Gasteiger partial charge is 0.321 e. The number of carbonyl (C=O) groups excluding carboxylic acids is 1. The number of carbonyl (C=O) groups is 1. The summed E-state index contributed by atoms with van der Waals surface area (Å²) in [6, 6.07) is 13.7. The highest BCUT2D eigenvalue weighted by atomic mass is 16.1. The van der Waals surface area contributed by atoms with E-state index < -0.39 is 0 Å². The van der Waals surface area contributed by atoms with Gasteiger partial charge in [0.25, 0.3) is 5.91 Å².